The summed E-state index contributed by atoms with van der Waals surface area (Å²) in [5.41, 5.74) is 6.85. The molecule has 1 aliphatic rings. The molecule has 1 saturated heterocycles. The third-order valence-corrected chi connectivity index (χ3v) is 4.55. The Kier molecular flexibility index (Phi) is 6.86. The van der Waals surface area contributed by atoms with Crippen LogP contribution in [-0.2, 0) is 0 Å². The van der Waals surface area contributed by atoms with Gasteiger partial charge in [-0.05, 0) is 44.6 Å². The van der Waals surface area contributed by atoms with Crippen LogP contribution in [0.4, 0.5) is 0 Å². The molecule has 0 bridgehead atoms. The Hall–Kier alpha value is -0.710. The van der Waals surface area contributed by atoms with E-state index in [0.29, 0.717) is 0 Å². The van der Waals surface area contributed by atoms with E-state index in [2.05, 4.69) is 0 Å². The van der Waals surface area contributed by atoms with Gasteiger partial charge in [0.2, 0.25) is 0 Å². The number of hydrogen-bond acceptors (Lipinski definition) is 3. The number of benzene rings is 1. The van der Waals surface area contributed by atoms with Crippen LogP contribution in [0.3, 0.4) is 0 Å². The Balaban J connectivity index is 0.00000200. The predicted molar refractivity (Wildman–Crippen MR) is 87.8 cm³/mol. The zero-order valence-electron chi connectivity index (χ0n) is 12.0. The van der Waals surface area contributed by atoms with Crippen molar-refractivity contribution in [2.45, 2.75) is 43.2 Å². The van der Waals surface area contributed by atoms with Crippen LogP contribution in [0.15, 0.2) is 29.2 Å². The quantitative estimate of drug-likeness (QED) is 0.872. The van der Waals surface area contributed by atoms with Gasteiger partial charge in [-0.3, -0.25) is 4.79 Å². The van der Waals surface area contributed by atoms with Crippen LogP contribution in [0.25, 0.3) is 0 Å². The highest BCUT2D eigenvalue weighted by atomic mass is 35.5. The fourth-order valence-corrected chi connectivity index (χ4v) is 3.32. The predicted octanol–water partition coefficient (Wildman–Crippen LogP) is 3.17. The lowest BCUT2D eigenvalue weighted by molar-refractivity contribution is 0.0580. The first-order valence-electron chi connectivity index (χ1n) is 6.84. The molecule has 2 unspecified atom stereocenters. The van der Waals surface area contributed by atoms with E-state index in [1.807, 2.05) is 42.3 Å². The molecule has 0 spiro atoms. The molecule has 1 aromatic rings. The summed E-state index contributed by atoms with van der Waals surface area (Å²) >= 11 is 1.62. The Morgan fingerprint density at radius 3 is 2.75 bits per heavy atom. The van der Waals surface area contributed by atoms with Gasteiger partial charge >= 0.3 is 0 Å². The molecule has 1 fully saturated rings. The Labute approximate surface area is 131 Å². The van der Waals surface area contributed by atoms with E-state index in [0.717, 1.165) is 29.8 Å². The van der Waals surface area contributed by atoms with Gasteiger partial charge in [-0.1, -0.05) is 12.1 Å². The van der Waals surface area contributed by atoms with Crippen LogP contribution >= 0.6 is 24.2 Å². The van der Waals surface area contributed by atoms with Gasteiger partial charge in [0, 0.05) is 23.5 Å². The van der Waals surface area contributed by atoms with Crippen LogP contribution in [0.2, 0.25) is 0 Å². The number of piperidine rings is 1. The molecule has 20 heavy (non-hydrogen) atoms. The molecule has 1 aromatic carbocycles. The topological polar surface area (TPSA) is 46.3 Å². The minimum atomic E-state index is 0. The summed E-state index contributed by atoms with van der Waals surface area (Å²) < 4.78 is 0. The zero-order valence-corrected chi connectivity index (χ0v) is 13.7. The first-order chi connectivity index (χ1) is 9.15. The third kappa shape index (κ3) is 3.68. The van der Waals surface area contributed by atoms with Crippen molar-refractivity contribution in [2.24, 2.45) is 5.73 Å². The second-order valence-corrected chi connectivity index (χ2v) is 5.97. The number of amides is 1. The van der Waals surface area contributed by atoms with Gasteiger partial charge in [-0.25, -0.2) is 0 Å². The van der Waals surface area contributed by atoms with Crippen molar-refractivity contribution in [3.8, 4) is 0 Å². The van der Waals surface area contributed by atoms with E-state index in [4.69, 9.17) is 5.73 Å². The summed E-state index contributed by atoms with van der Waals surface area (Å²) in [6.07, 6.45) is 5.27. The van der Waals surface area contributed by atoms with E-state index in [1.165, 1.54) is 6.42 Å². The SMILES string of the molecule is CSc1ccccc1C(=O)N1CCCCC1C(C)N.Cl. The molecule has 5 heteroatoms. The molecule has 2 atom stereocenters. The van der Waals surface area contributed by atoms with Gasteiger partial charge in [0.25, 0.3) is 5.91 Å². The van der Waals surface area contributed by atoms with Crippen molar-refractivity contribution in [2.75, 3.05) is 12.8 Å². The molecular weight excluding hydrogens is 292 g/mol. The number of halogens is 1. The molecule has 2 N–H and O–H groups in total. The van der Waals surface area contributed by atoms with Gasteiger partial charge in [-0.2, -0.15) is 0 Å². The standard InChI is InChI=1S/C15H22N2OS.ClH/c1-11(16)13-8-5-6-10-17(13)15(18)12-7-3-4-9-14(12)19-2;/h3-4,7,9,11,13H,5-6,8,10,16H2,1-2H3;1H. The van der Waals surface area contributed by atoms with Crippen LogP contribution in [-0.4, -0.2) is 35.7 Å². The van der Waals surface area contributed by atoms with Crippen LogP contribution in [0.5, 0.6) is 0 Å². The monoisotopic (exact) mass is 314 g/mol. The van der Waals surface area contributed by atoms with Gasteiger partial charge in [0.1, 0.15) is 0 Å². The molecule has 2 rings (SSSR count). The maximum absolute atomic E-state index is 12.8. The summed E-state index contributed by atoms with van der Waals surface area (Å²) in [5.74, 6) is 0.131. The minimum absolute atomic E-state index is 0. The van der Waals surface area contributed by atoms with Crippen molar-refractivity contribution >= 4 is 30.1 Å². The maximum atomic E-state index is 12.8. The Bertz CT molecular complexity index is 453. The van der Waals surface area contributed by atoms with Crippen LogP contribution < -0.4 is 5.73 Å². The molecule has 0 saturated carbocycles. The molecule has 112 valence electrons. The summed E-state index contributed by atoms with van der Waals surface area (Å²) in [6, 6.07) is 8.03. The second kappa shape index (κ2) is 7.91. The van der Waals surface area contributed by atoms with Gasteiger partial charge in [0.15, 0.2) is 0 Å². The number of likely N-dealkylation sites (tertiary alicyclic amines) is 1. The molecule has 1 amide bonds. The first kappa shape index (κ1) is 17.3. The average molecular weight is 315 g/mol. The molecule has 3 nitrogen and oxygen atoms in total. The Morgan fingerprint density at radius 2 is 2.10 bits per heavy atom. The lowest BCUT2D eigenvalue weighted by Gasteiger charge is -2.38. The fourth-order valence-electron chi connectivity index (χ4n) is 2.73. The number of hydrogen-bond donors (Lipinski definition) is 1. The van der Waals surface area contributed by atoms with Gasteiger partial charge in [-0.15, -0.1) is 24.2 Å². The highest BCUT2D eigenvalue weighted by Gasteiger charge is 2.30. The number of thioether (sulfide) groups is 1. The number of nitrogens with zero attached hydrogens (tertiary/aromatic N) is 1. The number of carbonyl (C=O) groups excluding carboxylic acids is 1. The van der Waals surface area contributed by atoms with Crippen molar-refractivity contribution in [1.29, 1.82) is 0 Å². The van der Waals surface area contributed by atoms with E-state index < -0.39 is 0 Å². The lowest BCUT2D eigenvalue weighted by atomic mass is 9.96. The molecular formula is C15H23ClN2OS. The average Bonchev–Trinajstić information content (AvgIpc) is 2.46. The molecule has 0 aliphatic carbocycles. The first-order valence-corrected chi connectivity index (χ1v) is 8.07. The molecule has 1 aliphatic heterocycles. The van der Waals surface area contributed by atoms with Crippen molar-refractivity contribution in [3.05, 3.63) is 29.8 Å². The zero-order chi connectivity index (χ0) is 13.8. The minimum Gasteiger partial charge on any atom is -0.334 e. The fraction of sp³-hybridized carbons (Fsp3) is 0.533. The lowest BCUT2D eigenvalue weighted by Crippen LogP contribution is -2.51. The van der Waals surface area contributed by atoms with E-state index in [-0.39, 0.29) is 30.4 Å². The summed E-state index contributed by atoms with van der Waals surface area (Å²) in [4.78, 5) is 15.8. The molecule has 0 radical (unpaired) electrons. The normalized spacial score (nSPS) is 20.1. The number of carbonyl (C=O) groups is 1. The van der Waals surface area contributed by atoms with Crippen LogP contribution in [0.1, 0.15) is 36.5 Å². The summed E-state index contributed by atoms with van der Waals surface area (Å²) in [6.45, 7) is 2.82. The van der Waals surface area contributed by atoms with Gasteiger partial charge in [0.05, 0.1) is 5.56 Å². The Morgan fingerprint density at radius 1 is 1.40 bits per heavy atom. The highest BCUT2D eigenvalue weighted by molar-refractivity contribution is 7.98. The highest BCUT2D eigenvalue weighted by Crippen LogP contribution is 2.26. The maximum Gasteiger partial charge on any atom is 0.255 e. The third-order valence-electron chi connectivity index (χ3n) is 3.75. The molecule has 1 heterocycles. The van der Waals surface area contributed by atoms with Crippen LogP contribution in [0, 0.1) is 0 Å². The number of nitrogens with two attached hydrogens (primary N) is 1. The van der Waals surface area contributed by atoms with Crippen molar-refractivity contribution < 1.29 is 4.79 Å². The van der Waals surface area contributed by atoms with E-state index >= 15 is 0 Å². The second-order valence-electron chi connectivity index (χ2n) is 5.12. The van der Waals surface area contributed by atoms with Crippen molar-refractivity contribution in [3.63, 3.8) is 0 Å². The number of rotatable bonds is 3. The van der Waals surface area contributed by atoms with E-state index in [9.17, 15) is 4.79 Å². The smallest absolute Gasteiger partial charge is 0.255 e. The largest absolute Gasteiger partial charge is 0.334 e. The van der Waals surface area contributed by atoms with E-state index in [1.54, 1.807) is 11.8 Å². The van der Waals surface area contributed by atoms with Gasteiger partial charge < -0.3 is 10.6 Å². The van der Waals surface area contributed by atoms with Crippen molar-refractivity contribution in [1.82, 2.24) is 4.90 Å². The summed E-state index contributed by atoms with van der Waals surface area (Å²) in [5, 5.41) is 0. The summed E-state index contributed by atoms with van der Waals surface area (Å²) in [7, 11) is 0. The molecule has 0 aromatic heterocycles.